The Kier molecular flexibility index (Phi) is 6.63. The molecule has 0 radical (unpaired) electrons. The van der Waals surface area contributed by atoms with E-state index in [1.54, 1.807) is 32.4 Å². The maximum absolute atomic E-state index is 12.9. The number of hydrogen-bond acceptors (Lipinski definition) is 4. The van der Waals surface area contributed by atoms with E-state index in [1.165, 1.54) is 0 Å². The highest BCUT2D eigenvalue weighted by Gasteiger charge is 2.28. The zero-order chi connectivity index (χ0) is 22.5. The molecule has 1 fully saturated rings. The summed E-state index contributed by atoms with van der Waals surface area (Å²) in [4.78, 5) is 30.8. The summed E-state index contributed by atoms with van der Waals surface area (Å²) in [5.41, 5.74) is 2.88. The molecular formula is C25H29N3O4. The second-order valence-electron chi connectivity index (χ2n) is 8.10. The van der Waals surface area contributed by atoms with Crippen LogP contribution in [0.4, 0.5) is 5.69 Å². The third-order valence-corrected chi connectivity index (χ3v) is 6.08. The molecule has 2 heterocycles. The zero-order valence-corrected chi connectivity index (χ0v) is 18.5. The molecule has 0 aliphatic carbocycles. The van der Waals surface area contributed by atoms with Crippen molar-refractivity contribution in [3.8, 4) is 11.5 Å². The van der Waals surface area contributed by atoms with Crippen LogP contribution in [0, 0.1) is 5.92 Å². The molecule has 2 aromatic carbocycles. The number of aromatic amines is 1. The third-order valence-electron chi connectivity index (χ3n) is 6.08. The van der Waals surface area contributed by atoms with Crippen molar-refractivity contribution >= 4 is 28.4 Å². The lowest BCUT2D eigenvalue weighted by atomic mass is 9.96. The Labute approximate surface area is 187 Å². The summed E-state index contributed by atoms with van der Waals surface area (Å²) in [6.07, 6.45) is 4.69. The maximum Gasteiger partial charge on any atom is 0.229 e. The molecule has 3 aromatic rings. The van der Waals surface area contributed by atoms with Crippen LogP contribution in [0.1, 0.15) is 24.8 Å². The monoisotopic (exact) mass is 435 g/mol. The van der Waals surface area contributed by atoms with Gasteiger partial charge in [0.2, 0.25) is 11.8 Å². The predicted molar refractivity (Wildman–Crippen MR) is 124 cm³/mol. The summed E-state index contributed by atoms with van der Waals surface area (Å²) in [6.45, 7) is 1.15. The number of nitrogens with one attached hydrogen (secondary N) is 2. The van der Waals surface area contributed by atoms with Crippen molar-refractivity contribution in [3.63, 3.8) is 0 Å². The van der Waals surface area contributed by atoms with Crippen LogP contribution in [-0.2, 0) is 16.0 Å². The van der Waals surface area contributed by atoms with Crippen molar-refractivity contribution in [1.29, 1.82) is 0 Å². The van der Waals surface area contributed by atoms with Crippen molar-refractivity contribution in [2.75, 3.05) is 32.6 Å². The zero-order valence-electron chi connectivity index (χ0n) is 18.5. The van der Waals surface area contributed by atoms with Gasteiger partial charge < -0.3 is 24.7 Å². The van der Waals surface area contributed by atoms with Gasteiger partial charge in [-0.05, 0) is 43.0 Å². The fourth-order valence-corrected chi connectivity index (χ4v) is 4.31. The van der Waals surface area contributed by atoms with Crippen LogP contribution in [0.5, 0.6) is 11.5 Å². The first-order chi connectivity index (χ1) is 15.6. The molecule has 1 unspecified atom stereocenters. The molecule has 1 aliphatic rings. The van der Waals surface area contributed by atoms with E-state index >= 15 is 0 Å². The Balaban J connectivity index is 1.34. The average Bonchev–Trinajstić information content (AvgIpc) is 3.25. The predicted octanol–water partition coefficient (Wildman–Crippen LogP) is 4.00. The maximum atomic E-state index is 12.9. The summed E-state index contributed by atoms with van der Waals surface area (Å²) in [5.74, 6) is 0.956. The largest absolute Gasteiger partial charge is 0.493 e. The number of fused-ring (bicyclic) bond motifs is 1. The van der Waals surface area contributed by atoms with Crippen LogP contribution in [0.3, 0.4) is 0 Å². The first-order valence-corrected chi connectivity index (χ1v) is 10.9. The normalized spacial score (nSPS) is 16.1. The van der Waals surface area contributed by atoms with E-state index in [0.717, 1.165) is 29.3 Å². The van der Waals surface area contributed by atoms with Gasteiger partial charge in [0.25, 0.3) is 0 Å². The molecule has 0 spiro atoms. The average molecular weight is 436 g/mol. The second-order valence-corrected chi connectivity index (χ2v) is 8.10. The van der Waals surface area contributed by atoms with Gasteiger partial charge in [0.1, 0.15) is 0 Å². The number of hydrogen-bond donors (Lipinski definition) is 2. The van der Waals surface area contributed by atoms with Crippen LogP contribution < -0.4 is 14.8 Å². The third kappa shape index (κ3) is 4.72. The second kappa shape index (κ2) is 9.77. The molecule has 0 bridgehead atoms. The van der Waals surface area contributed by atoms with Crippen molar-refractivity contribution in [2.45, 2.75) is 25.7 Å². The van der Waals surface area contributed by atoms with Crippen LogP contribution in [0.25, 0.3) is 10.9 Å². The number of amides is 2. The molecule has 0 saturated carbocycles. The molecule has 1 atom stereocenters. The van der Waals surface area contributed by atoms with Crippen LogP contribution >= 0.6 is 0 Å². The number of rotatable bonds is 7. The van der Waals surface area contributed by atoms with E-state index in [1.807, 2.05) is 29.3 Å². The Hall–Kier alpha value is -3.48. The number of benzene rings is 2. The highest BCUT2D eigenvalue weighted by atomic mass is 16.5. The van der Waals surface area contributed by atoms with Crippen molar-refractivity contribution in [3.05, 3.63) is 54.2 Å². The van der Waals surface area contributed by atoms with Crippen molar-refractivity contribution in [1.82, 2.24) is 9.88 Å². The van der Waals surface area contributed by atoms with E-state index < -0.39 is 0 Å². The molecule has 2 N–H and O–H groups in total. The number of likely N-dealkylation sites (tertiary alicyclic amines) is 1. The highest BCUT2D eigenvalue weighted by molar-refractivity contribution is 5.93. The molecule has 7 nitrogen and oxygen atoms in total. The van der Waals surface area contributed by atoms with E-state index in [0.29, 0.717) is 43.1 Å². The number of aryl methyl sites for hydroxylation is 1. The minimum absolute atomic E-state index is 0.0775. The molecule has 1 aromatic heterocycles. The van der Waals surface area contributed by atoms with Gasteiger partial charge in [-0.25, -0.2) is 0 Å². The number of anilines is 1. The van der Waals surface area contributed by atoms with Gasteiger partial charge in [-0.2, -0.15) is 0 Å². The van der Waals surface area contributed by atoms with E-state index in [4.69, 9.17) is 9.47 Å². The molecule has 32 heavy (non-hydrogen) atoms. The summed E-state index contributed by atoms with van der Waals surface area (Å²) in [6, 6.07) is 13.4. The van der Waals surface area contributed by atoms with Gasteiger partial charge in [-0.1, -0.05) is 18.2 Å². The van der Waals surface area contributed by atoms with Crippen LogP contribution in [0.2, 0.25) is 0 Å². The number of aromatic nitrogens is 1. The standard InChI is InChI=1S/C25H29N3O4/c1-31-22-11-10-19(14-23(22)32-2)27-25(30)18-6-5-13-28(16-18)24(29)12-9-17-15-26-21-8-4-3-7-20(17)21/h3-4,7-8,10-11,14-15,18,26H,5-6,9,12-13,16H2,1-2H3,(H,27,30). The Bertz CT molecular complexity index is 1110. The number of nitrogens with zero attached hydrogens (tertiary/aromatic N) is 1. The summed E-state index contributed by atoms with van der Waals surface area (Å²) in [7, 11) is 3.13. The number of para-hydroxylation sites is 1. The first-order valence-electron chi connectivity index (χ1n) is 10.9. The van der Waals surface area contributed by atoms with Gasteiger partial charge in [-0.15, -0.1) is 0 Å². The van der Waals surface area contributed by atoms with E-state index in [9.17, 15) is 9.59 Å². The summed E-state index contributed by atoms with van der Waals surface area (Å²) >= 11 is 0. The fourth-order valence-electron chi connectivity index (χ4n) is 4.31. The molecule has 1 aliphatic heterocycles. The Morgan fingerprint density at radius 2 is 1.94 bits per heavy atom. The molecule has 2 amide bonds. The smallest absolute Gasteiger partial charge is 0.229 e. The van der Waals surface area contributed by atoms with Gasteiger partial charge in [0.05, 0.1) is 20.1 Å². The van der Waals surface area contributed by atoms with Crippen molar-refractivity contribution < 1.29 is 19.1 Å². The number of carbonyl (C=O) groups is 2. The number of piperidine rings is 1. The lowest BCUT2D eigenvalue weighted by Crippen LogP contribution is -2.43. The van der Waals surface area contributed by atoms with E-state index in [-0.39, 0.29) is 17.7 Å². The van der Waals surface area contributed by atoms with Crippen molar-refractivity contribution in [2.24, 2.45) is 5.92 Å². The lowest BCUT2D eigenvalue weighted by Gasteiger charge is -2.32. The number of carbonyl (C=O) groups excluding carboxylic acids is 2. The fraction of sp³-hybridized carbons (Fsp3) is 0.360. The molecule has 1 saturated heterocycles. The Morgan fingerprint density at radius 1 is 1.12 bits per heavy atom. The highest BCUT2D eigenvalue weighted by Crippen LogP contribution is 2.30. The summed E-state index contributed by atoms with van der Waals surface area (Å²) in [5, 5.41) is 4.11. The minimum atomic E-state index is -0.228. The molecule has 168 valence electrons. The SMILES string of the molecule is COc1ccc(NC(=O)C2CCCN(C(=O)CCc3c[nH]c4ccccc34)C2)cc1OC. The number of ether oxygens (including phenoxy) is 2. The van der Waals surface area contributed by atoms with E-state index in [2.05, 4.69) is 16.4 Å². The quantitative estimate of drug-likeness (QED) is 0.588. The van der Waals surface area contributed by atoms with Crippen LogP contribution in [0.15, 0.2) is 48.7 Å². The topological polar surface area (TPSA) is 83.7 Å². The number of H-pyrrole nitrogens is 1. The molecule has 4 rings (SSSR count). The van der Waals surface area contributed by atoms with Gasteiger partial charge in [0, 0.05) is 48.4 Å². The Morgan fingerprint density at radius 3 is 2.75 bits per heavy atom. The first kappa shape index (κ1) is 21.7. The molecule has 7 heteroatoms. The molecular weight excluding hydrogens is 406 g/mol. The summed E-state index contributed by atoms with van der Waals surface area (Å²) < 4.78 is 10.5. The lowest BCUT2D eigenvalue weighted by molar-refractivity contribution is -0.134. The van der Waals surface area contributed by atoms with Gasteiger partial charge in [0.15, 0.2) is 11.5 Å². The van der Waals surface area contributed by atoms with Gasteiger partial charge >= 0.3 is 0 Å². The number of methoxy groups -OCH3 is 2. The van der Waals surface area contributed by atoms with Crippen LogP contribution in [-0.4, -0.2) is 49.0 Å². The minimum Gasteiger partial charge on any atom is -0.493 e. The van der Waals surface area contributed by atoms with Gasteiger partial charge in [-0.3, -0.25) is 9.59 Å².